The van der Waals surface area contributed by atoms with Gasteiger partial charge in [-0.15, -0.1) is 0 Å². The SMILES string of the molecule is CC(CCc1ccc(O)c(O)c1)O[C@@H]1O[C@H](CO)[C@@H](O)[C@H](O)[C@H]1O. The van der Waals surface area contributed by atoms with Crippen molar-refractivity contribution in [2.45, 2.75) is 56.6 Å². The van der Waals surface area contributed by atoms with Crippen LogP contribution < -0.4 is 0 Å². The minimum absolute atomic E-state index is 0.190. The number of hydrogen-bond donors (Lipinski definition) is 6. The zero-order valence-corrected chi connectivity index (χ0v) is 13.3. The molecule has 1 aromatic rings. The second kappa shape index (κ2) is 8.11. The minimum Gasteiger partial charge on any atom is -0.504 e. The van der Waals surface area contributed by atoms with Crippen molar-refractivity contribution in [3.05, 3.63) is 23.8 Å². The summed E-state index contributed by atoms with van der Waals surface area (Å²) in [6.45, 7) is 1.24. The second-order valence-corrected chi connectivity index (χ2v) is 6.01. The molecule has 8 heteroatoms. The molecule has 8 nitrogen and oxygen atoms in total. The molecular weight excluding hydrogens is 320 g/mol. The first-order valence-corrected chi connectivity index (χ1v) is 7.80. The van der Waals surface area contributed by atoms with Crippen LogP contribution in [0.3, 0.4) is 0 Å². The molecule has 1 unspecified atom stereocenters. The van der Waals surface area contributed by atoms with Gasteiger partial charge in [-0.25, -0.2) is 0 Å². The topological polar surface area (TPSA) is 140 Å². The number of hydrogen-bond acceptors (Lipinski definition) is 8. The van der Waals surface area contributed by atoms with Crippen molar-refractivity contribution in [3.8, 4) is 11.5 Å². The van der Waals surface area contributed by atoms with Crippen molar-refractivity contribution in [1.29, 1.82) is 0 Å². The molecule has 6 atom stereocenters. The monoisotopic (exact) mass is 344 g/mol. The van der Waals surface area contributed by atoms with Crippen LogP contribution in [-0.4, -0.2) is 74.1 Å². The van der Waals surface area contributed by atoms with E-state index in [4.69, 9.17) is 14.6 Å². The number of phenols is 2. The third-order valence-electron chi connectivity index (χ3n) is 4.09. The number of rotatable bonds is 6. The van der Waals surface area contributed by atoms with E-state index in [1.54, 1.807) is 13.0 Å². The molecule has 1 heterocycles. The summed E-state index contributed by atoms with van der Waals surface area (Å²) in [6, 6.07) is 4.53. The molecule has 0 aliphatic carbocycles. The molecule has 2 rings (SSSR count). The van der Waals surface area contributed by atoms with Crippen LogP contribution in [0.5, 0.6) is 11.5 Å². The Morgan fingerprint density at radius 2 is 1.79 bits per heavy atom. The predicted octanol–water partition coefficient (Wildman–Crippen LogP) is -0.765. The largest absolute Gasteiger partial charge is 0.504 e. The highest BCUT2D eigenvalue weighted by atomic mass is 16.7. The maximum Gasteiger partial charge on any atom is 0.186 e. The van der Waals surface area contributed by atoms with Crippen LogP contribution in [0.15, 0.2) is 18.2 Å². The first-order chi connectivity index (χ1) is 11.3. The number of phenolic OH excluding ortho intramolecular Hbond substituents is 2. The Balaban J connectivity index is 1.88. The Labute approximate surface area is 139 Å². The van der Waals surface area contributed by atoms with E-state index in [1.807, 2.05) is 0 Å². The van der Waals surface area contributed by atoms with Crippen molar-refractivity contribution in [2.24, 2.45) is 0 Å². The number of aryl methyl sites for hydroxylation is 1. The summed E-state index contributed by atoms with van der Waals surface area (Å²) in [5.74, 6) is -0.389. The molecule has 24 heavy (non-hydrogen) atoms. The van der Waals surface area contributed by atoms with E-state index in [2.05, 4.69) is 0 Å². The molecule has 6 N–H and O–H groups in total. The molecule has 1 fully saturated rings. The highest BCUT2D eigenvalue weighted by molar-refractivity contribution is 5.40. The van der Waals surface area contributed by atoms with Crippen molar-refractivity contribution in [2.75, 3.05) is 6.61 Å². The van der Waals surface area contributed by atoms with E-state index in [-0.39, 0.29) is 17.6 Å². The Morgan fingerprint density at radius 1 is 1.08 bits per heavy atom. The van der Waals surface area contributed by atoms with E-state index in [0.717, 1.165) is 5.56 Å². The number of benzene rings is 1. The summed E-state index contributed by atoms with van der Waals surface area (Å²) in [5.41, 5.74) is 0.801. The number of ether oxygens (including phenoxy) is 2. The van der Waals surface area contributed by atoms with Gasteiger partial charge in [0.25, 0.3) is 0 Å². The predicted molar refractivity (Wildman–Crippen MR) is 82.4 cm³/mol. The van der Waals surface area contributed by atoms with E-state index in [9.17, 15) is 25.5 Å². The van der Waals surface area contributed by atoms with Gasteiger partial charge in [-0.05, 0) is 37.5 Å². The lowest BCUT2D eigenvalue weighted by atomic mass is 9.99. The highest BCUT2D eigenvalue weighted by Gasteiger charge is 2.44. The molecule has 1 saturated heterocycles. The van der Waals surface area contributed by atoms with E-state index in [1.165, 1.54) is 12.1 Å². The van der Waals surface area contributed by atoms with Crippen LogP contribution in [0, 0.1) is 0 Å². The summed E-state index contributed by atoms with van der Waals surface area (Å²) in [5, 5.41) is 57.2. The molecule has 0 bridgehead atoms. The quantitative estimate of drug-likeness (QED) is 0.370. The van der Waals surface area contributed by atoms with Crippen LogP contribution in [0.25, 0.3) is 0 Å². The van der Waals surface area contributed by atoms with E-state index >= 15 is 0 Å². The zero-order valence-electron chi connectivity index (χ0n) is 13.3. The van der Waals surface area contributed by atoms with E-state index < -0.39 is 37.3 Å². The Morgan fingerprint density at radius 3 is 2.42 bits per heavy atom. The summed E-state index contributed by atoms with van der Waals surface area (Å²) in [6.07, 6.45) is -5.77. The molecule has 1 aliphatic rings. The third-order valence-corrected chi connectivity index (χ3v) is 4.09. The van der Waals surface area contributed by atoms with Gasteiger partial charge in [-0.2, -0.15) is 0 Å². The van der Waals surface area contributed by atoms with Crippen molar-refractivity contribution < 1.29 is 40.1 Å². The summed E-state index contributed by atoms with van der Waals surface area (Å²) in [7, 11) is 0. The third kappa shape index (κ3) is 4.35. The Kier molecular flexibility index (Phi) is 6.39. The molecule has 0 amide bonds. The fraction of sp³-hybridized carbons (Fsp3) is 0.625. The maximum absolute atomic E-state index is 9.92. The smallest absolute Gasteiger partial charge is 0.186 e. The molecule has 0 radical (unpaired) electrons. The lowest BCUT2D eigenvalue weighted by molar-refractivity contribution is -0.310. The van der Waals surface area contributed by atoms with Gasteiger partial charge >= 0.3 is 0 Å². The Hall–Kier alpha value is -1.42. The van der Waals surface area contributed by atoms with Crippen molar-refractivity contribution in [3.63, 3.8) is 0 Å². The van der Waals surface area contributed by atoms with Gasteiger partial charge in [0.2, 0.25) is 0 Å². The molecule has 0 spiro atoms. The van der Waals surface area contributed by atoms with Crippen LogP contribution >= 0.6 is 0 Å². The number of aromatic hydroxyl groups is 2. The van der Waals surface area contributed by atoms with Gasteiger partial charge < -0.3 is 40.1 Å². The summed E-state index contributed by atoms with van der Waals surface area (Å²) < 4.78 is 10.8. The lowest BCUT2D eigenvalue weighted by Crippen LogP contribution is -2.59. The molecule has 1 aliphatic heterocycles. The molecule has 0 saturated carbocycles. The van der Waals surface area contributed by atoms with Crippen LogP contribution in [0.2, 0.25) is 0 Å². The average Bonchev–Trinajstić information content (AvgIpc) is 2.56. The van der Waals surface area contributed by atoms with Gasteiger partial charge in [0.15, 0.2) is 17.8 Å². The first kappa shape index (κ1) is 18.9. The van der Waals surface area contributed by atoms with E-state index in [0.29, 0.717) is 12.8 Å². The average molecular weight is 344 g/mol. The first-order valence-electron chi connectivity index (χ1n) is 7.80. The summed E-state index contributed by atoms with van der Waals surface area (Å²) in [4.78, 5) is 0. The van der Waals surface area contributed by atoms with Crippen LogP contribution in [-0.2, 0) is 15.9 Å². The highest BCUT2D eigenvalue weighted by Crippen LogP contribution is 2.27. The van der Waals surface area contributed by atoms with Crippen molar-refractivity contribution in [1.82, 2.24) is 0 Å². The normalized spacial score (nSPS) is 31.8. The van der Waals surface area contributed by atoms with Gasteiger partial charge in [-0.3, -0.25) is 0 Å². The van der Waals surface area contributed by atoms with Crippen LogP contribution in [0.1, 0.15) is 18.9 Å². The number of aliphatic hydroxyl groups excluding tert-OH is 4. The lowest BCUT2D eigenvalue weighted by Gasteiger charge is -2.40. The molecule has 136 valence electrons. The van der Waals surface area contributed by atoms with Gasteiger partial charge in [0.1, 0.15) is 24.4 Å². The molecular formula is C16H24O8. The maximum atomic E-state index is 9.92. The Bertz CT molecular complexity index is 535. The fourth-order valence-corrected chi connectivity index (χ4v) is 2.57. The molecule has 0 aromatic heterocycles. The van der Waals surface area contributed by atoms with Gasteiger partial charge in [0, 0.05) is 0 Å². The zero-order chi connectivity index (χ0) is 17.9. The molecule has 1 aromatic carbocycles. The van der Waals surface area contributed by atoms with Crippen LogP contribution in [0.4, 0.5) is 0 Å². The number of aliphatic hydroxyl groups is 4. The standard InChI is InChI=1S/C16H24O8/c1-8(2-3-9-4-5-10(18)11(19)6-9)23-16-15(22)14(21)13(20)12(7-17)24-16/h4-6,8,12-22H,2-3,7H2,1H3/t8?,12-,13-,14+,15-,16-/m1/s1. The fourth-order valence-electron chi connectivity index (χ4n) is 2.57. The van der Waals surface area contributed by atoms with Crippen molar-refractivity contribution >= 4 is 0 Å². The van der Waals surface area contributed by atoms with Gasteiger partial charge in [0.05, 0.1) is 12.7 Å². The summed E-state index contributed by atoms with van der Waals surface area (Å²) >= 11 is 0. The minimum atomic E-state index is -1.47. The van der Waals surface area contributed by atoms with Gasteiger partial charge in [-0.1, -0.05) is 6.07 Å². The second-order valence-electron chi connectivity index (χ2n) is 6.01.